The minimum atomic E-state index is -0.444. The van der Waals surface area contributed by atoms with E-state index in [0.29, 0.717) is 6.54 Å². The molecular formula is C5H14N2O. The molecule has 0 amide bonds. The lowest BCUT2D eigenvalue weighted by Crippen LogP contribution is -2.36. The average molecular weight is 118 g/mol. The van der Waals surface area contributed by atoms with Crippen LogP contribution in [0.3, 0.4) is 0 Å². The van der Waals surface area contributed by atoms with Gasteiger partial charge >= 0.3 is 0 Å². The molecule has 0 aliphatic heterocycles. The fraction of sp³-hybridized carbons (Fsp3) is 1.00. The van der Waals surface area contributed by atoms with E-state index in [-0.39, 0.29) is 6.04 Å². The number of nitrogens with two attached hydrogens (primary N) is 1. The molecule has 2 unspecified atom stereocenters. The predicted octanol–water partition coefficient (Wildman–Crippen LogP) is -0.738. The summed E-state index contributed by atoms with van der Waals surface area (Å²) >= 11 is 0. The first-order valence-electron chi connectivity index (χ1n) is 2.80. The van der Waals surface area contributed by atoms with Crippen LogP contribution in [0.2, 0.25) is 0 Å². The van der Waals surface area contributed by atoms with Crippen molar-refractivity contribution in [1.82, 2.24) is 5.32 Å². The Morgan fingerprint density at radius 3 is 2.25 bits per heavy atom. The van der Waals surface area contributed by atoms with E-state index in [4.69, 9.17) is 10.8 Å². The molecule has 0 heterocycles. The number of rotatable bonds is 3. The van der Waals surface area contributed by atoms with Gasteiger partial charge in [0, 0.05) is 12.6 Å². The molecule has 0 bridgehead atoms. The largest absolute Gasteiger partial charge is 0.379 e. The van der Waals surface area contributed by atoms with Crippen LogP contribution in [0.4, 0.5) is 0 Å². The van der Waals surface area contributed by atoms with E-state index in [1.54, 1.807) is 6.92 Å². The first-order chi connectivity index (χ1) is 3.63. The Morgan fingerprint density at radius 2 is 2.12 bits per heavy atom. The maximum absolute atomic E-state index is 8.63. The molecule has 0 aliphatic rings. The lowest BCUT2D eigenvalue weighted by molar-refractivity contribution is 0.155. The minimum absolute atomic E-state index is 0.115. The quantitative estimate of drug-likeness (QED) is 0.428. The summed E-state index contributed by atoms with van der Waals surface area (Å²) in [6.45, 7) is 4.22. The zero-order valence-electron chi connectivity index (χ0n) is 5.39. The van der Waals surface area contributed by atoms with Gasteiger partial charge in [-0.1, -0.05) is 0 Å². The Morgan fingerprint density at radius 1 is 1.62 bits per heavy atom. The molecule has 0 spiro atoms. The molecule has 8 heavy (non-hydrogen) atoms. The van der Waals surface area contributed by atoms with E-state index in [9.17, 15) is 0 Å². The second-order valence-corrected chi connectivity index (χ2v) is 2.06. The van der Waals surface area contributed by atoms with E-state index >= 15 is 0 Å². The lowest BCUT2D eigenvalue weighted by Gasteiger charge is -2.08. The van der Waals surface area contributed by atoms with Crippen molar-refractivity contribution >= 4 is 0 Å². The Labute approximate surface area is 49.9 Å². The summed E-state index contributed by atoms with van der Waals surface area (Å²) in [4.78, 5) is 0. The first kappa shape index (κ1) is 7.88. The number of hydrogen-bond donors (Lipinski definition) is 3. The Bertz CT molecular complexity index is 46.4. The molecule has 4 N–H and O–H groups in total. The zero-order valence-corrected chi connectivity index (χ0v) is 5.39. The third-order valence-corrected chi connectivity index (χ3v) is 0.735. The molecule has 50 valence electrons. The van der Waals surface area contributed by atoms with Gasteiger partial charge < -0.3 is 10.8 Å². The van der Waals surface area contributed by atoms with Crippen molar-refractivity contribution in [3.05, 3.63) is 0 Å². The van der Waals surface area contributed by atoms with Crippen LogP contribution in [0.1, 0.15) is 13.8 Å². The highest BCUT2D eigenvalue weighted by atomic mass is 16.3. The maximum atomic E-state index is 8.63. The predicted molar refractivity (Wildman–Crippen MR) is 33.3 cm³/mol. The molecule has 0 aliphatic carbocycles. The van der Waals surface area contributed by atoms with E-state index in [2.05, 4.69) is 5.32 Å². The molecule has 0 radical (unpaired) electrons. The normalized spacial score (nSPS) is 18.0. The van der Waals surface area contributed by atoms with Crippen molar-refractivity contribution in [2.45, 2.75) is 26.1 Å². The van der Waals surface area contributed by atoms with Crippen LogP contribution in [0.5, 0.6) is 0 Å². The number of aliphatic hydroxyl groups is 1. The first-order valence-corrected chi connectivity index (χ1v) is 2.80. The Balaban J connectivity index is 2.93. The van der Waals surface area contributed by atoms with E-state index in [0.717, 1.165) is 0 Å². The van der Waals surface area contributed by atoms with E-state index in [1.807, 2.05) is 6.92 Å². The van der Waals surface area contributed by atoms with Gasteiger partial charge in [0.05, 0.1) is 0 Å². The Kier molecular flexibility index (Phi) is 3.77. The second kappa shape index (κ2) is 3.83. The van der Waals surface area contributed by atoms with Crippen LogP contribution in [0.25, 0.3) is 0 Å². The van der Waals surface area contributed by atoms with Crippen molar-refractivity contribution in [2.75, 3.05) is 6.54 Å². The molecule has 0 rings (SSSR count). The standard InChI is InChI=1S/C5H14N2O/c1-4(6)3-7-5(2)8/h4-5,7-8H,3,6H2,1-2H3. The van der Waals surface area contributed by atoms with Gasteiger partial charge in [-0.05, 0) is 13.8 Å². The number of nitrogens with one attached hydrogen (secondary N) is 1. The smallest absolute Gasteiger partial charge is 0.102 e. The monoisotopic (exact) mass is 118 g/mol. The highest BCUT2D eigenvalue weighted by Gasteiger charge is 1.94. The highest BCUT2D eigenvalue weighted by Crippen LogP contribution is 1.73. The summed E-state index contributed by atoms with van der Waals surface area (Å²) in [6, 6.07) is 0.115. The van der Waals surface area contributed by atoms with Gasteiger partial charge in [0.2, 0.25) is 0 Å². The fourth-order valence-electron chi connectivity index (χ4n) is 0.356. The molecule has 0 saturated heterocycles. The SMILES string of the molecule is CC(N)CNC(C)O. The van der Waals surface area contributed by atoms with Gasteiger partial charge in [-0.2, -0.15) is 0 Å². The molecule has 0 aromatic rings. The van der Waals surface area contributed by atoms with Crippen molar-refractivity contribution in [1.29, 1.82) is 0 Å². The van der Waals surface area contributed by atoms with Crippen molar-refractivity contribution < 1.29 is 5.11 Å². The lowest BCUT2D eigenvalue weighted by atomic mass is 10.3. The molecular weight excluding hydrogens is 104 g/mol. The number of aliphatic hydroxyl groups excluding tert-OH is 1. The van der Waals surface area contributed by atoms with Gasteiger partial charge in [0.25, 0.3) is 0 Å². The van der Waals surface area contributed by atoms with Gasteiger partial charge in [-0.15, -0.1) is 0 Å². The fourth-order valence-corrected chi connectivity index (χ4v) is 0.356. The number of hydrogen-bond acceptors (Lipinski definition) is 3. The molecule has 0 saturated carbocycles. The van der Waals surface area contributed by atoms with Crippen molar-refractivity contribution in [3.63, 3.8) is 0 Å². The molecule has 0 aromatic carbocycles. The summed E-state index contributed by atoms with van der Waals surface area (Å²) in [5, 5.41) is 11.4. The van der Waals surface area contributed by atoms with Crippen LogP contribution in [0, 0.1) is 0 Å². The van der Waals surface area contributed by atoms with Crippen LogP contribution >= 0.6 is 0 Å². The summed E-state index contributed by atoms with van der Waals surface area (Å²) in [5.74, 6) is 0. The topological polar surface area (TPSA) is 58.3 Å². The molecule has 0 aromatic heterocycles. The van der Waals surface area contributed by atoms with Crippen LogP contribution in [-0.2, 0) is 0 Å². The third-order valence-electron chi connectivity index (χ3n) is 0.735. The highest BCUT2D eigenvalue weighted by molar-refractivity contribution is 4.56. The third kappa shape index (κ3) is 5.88. The maximum Gasteiger partial charge on any atom is 0.102 e. The summed E-state index contributed by atoms with van der Waals surface area (Å²) < 4.78 is 0. The van der Waals surface area contributed by atoms with Gasteiger partial charge in [0.1, 0.15) is 6.23 Å². The van der Waals surface area contributed by atoms with Crippen LogP contribution < -0.4 is 11.1 Å². The molecule has 3 nitrogen and oxygen atoms in total. The molecule has 0 fully saturated rings. The Hall–Kier alpha value is -0.120. The van der Waals surface area contributed by atoms with Gasteiger partial charge in [-0.25, -0.2) is 0 Å². The summed E-state index contributed by atoms with van der Waals surface area (Å²) in [7, 11) is 0. The molecule has 3 heteroatoms. The van der Waals surface area contributed by atoms with E-state index < -0.39 is 6.23 Å². The average Bonchev–Trinajstić information content (AvgIpc) is 1.61. The van der Waals surface area contributed by atoms with Gasteiger partial charge in [0.15, 0.2) is 0 Å². The van der Waals surface area contributed by atoms with Gasteiger partial charge in [-0.3, -0.25) is 5.32 Å². The zero-order chi connectivity index (χ0) is 6.57. The van der Waals surface area contributed by atoms with Crippen molar-refractivity contribution in [2.24, 2.45) is 5.73 Å². The van der Waals surface area contributed by atoms with Crippen molar-refractivity contribution in [3.8, 4) is 0 Å². The van der Waals surface area contributed by atoms with Crippen LogP contribution in [-0.4, -0.2) is 23.9 Å². The summed E-state index contributed by atoms with van der Waals surface area (Å²) in [6.07, 6.45) is -0.444. The second-order valence-electron chi connectivity index (χ2n) is 2.06. The molecule has 2 atom stereocenters. The van der Waals surface area contributed by atoms with Crippen LogP contribution in [0.15, 0.2) is 0 Å². The summed E-state index contributed by atoms with van der Waals surface area (Å²) in [5.41, 5.74) is 5.37. The van der Waals surface area contributed by atoms with E-state index in [1.165, 1.54) is 0 Å². The minimum Gasteiger partial charge on any atom is -0.379 e.